The van der Waals surface area contributed by atoms with Crippen LogP contribution in [0.3, 0.4) is 0 Å². The summed E-state index contributed by atoms with van der Waals surface area (Å²) < 4.78 is 0. The van der Waals surface area contributed by atoms with Crippen molar-refractivity contribution in [3.63, 3.8) is 0 Å². The Kier molecular flexibility index (Phi) is 4.04. The number of carbonyl (C=O) groups is 2. The summed E-state index contributed by atoms with van der Waals surface area (Å²) in [4.78, 5) is 24.1. The monoisotopic (exact) mass is 344 g/mol. The Bertz CT molecular complexity index is 663. The summed E-state index contributed by atoms with van der Waals surface area (Å²) in [5.74, 6) is 1.24. The fraction of sp³-hybridized carbons (Fsp3) is 0.714. The van der Waals surface area contributed by atoms with Crippen LogP contribution in [0.1, 0.15) is 45.4 Å². The molecule has 0 spiro atoms. The van der Waals surface area contributed by atoms with Gasteiger partial charge < -0.3 is 10.2 Å². The lowest BCUT2D eigenvalue weighted by Crippen LogP contribution is -2.52. The first-order chi connectivity index (χ1) is 12.0. The zero-order chi connectivity index (χ0) is 17.8. The Morgan fingerprint density at radius 2 is 2.00 bits per heavy atom. The van der Waals surface area contributed by atoms with Gasteiger partial charge in [-0.25, -0.2) is 0 Å². The molecule has 2 saturated carbocycles. The highest BCUT2D eigenvalue weighted by atomic mass is 16.3. The maximum atomic E-state index is 12.3. The molecular formula is C21H28O4. The third kappa shape index (κ3) is 2.26. The molecule has 0 heterocycles. The molecule has 4 nitrogen and oxygen atoms in total. The van der Waals surface area contributed by atoms with Crippen LogP contribution in [-0.4, -0.2) is 35.0 Å². The molecule has 25 heavy (non-hydrogen) atoms. The molecule has 0 amide bonds. The number of rotatable bonds is 3. The van der Waals surface area contributed by atoms with Gasteiger partial charge in [-0.3, -0.25) is 9.59 Å². The number of allylic oxidation sites excluding steroid dienone is 3. The van der Waals surface area contributed by atoms with Crippen molar-refractivity contribution in [3.8, 4) is 0 Å². The van der Waals surface area contributed by atoms with Gasteiger partial charge in [-0.1, -0.05) is 19.1 Å². The summed E-state index contributed by atoms with van der Waals surface area (Å²) in [5.41, 5.74) is 0.679. The molecule has 0 unspecified atom stereocenters. The number of carbonyl (C=O) groups excluding carboxylic acids is 2. The van der Waals surface area contributed by atoms with Crippen LogP contribution in [-0.2, 0) is 9.59 Å². The fourth-order valence-corrected chi connectivity index (χ4v) is 6.74. The largest absolute Gasteiger partial charge is 0.395 e. The van der Waals surface area contributed by atoms with Gasteiger partial charge in [0.1, 0.15) is 6.61 Å². The first-order valence-electron chi connectivity index (χ1n) is 9.64. The van der Waals surface area contributed by atoms with Gasteiger partial charge in [-0.2, -0.15) is 0 Å². The Hall–Kier alpha value is -1.26. The second kappa shape index (κ2) is 5.88. The number of hydrogen-bond acceptors (Lipinski definition) is 4. The molecule has 0 saturated heterocycles. The van der Waals surface area contributed by atoms with Gasteiger partial charge in [0.05, 0.1) is 6.61 Å². The van der Waals surface area contributed by atoms with Crippen molar-refractivity contribution in [2.45, 2.75) is 45.4 Å². The minimum absolute atomic E-state index is 0.0102. The van der Waals surface area contributed by atoms with Crippen LogP contribution in [0.5, 0.6) is 0 Å². The summed E-state index contributed by atoms with van der Waals surface area (Å²) in [7, 11) is 0. The van der Waals surface area contributed by atoms with Gasteiger partial charge in [0, 0.05) is 17.8 Å². The number of aliphatic hydroxyl groups excluding tert-OH is 2. The molecule has 4 rings (SSSR count). The van der Waals surface area contributed by atoms with Crippen molar-refractivity contribution in [2.75, 3.05) is 13.2 Å². The Labute approximate surface area is 149 Å². The Morgan fingerprint density at radius 1 is 1.20 bits per heavy atom. The van der Waals surface area contributed by atoms with E-state index in [-0.39, 0.29) is 41.5 Å². The third-order valence-corrected chi connectivity index (χ3v) is 8.08. The van der Waals surface area contributed by atoms with E-state index in [4.69, 9.17) is 0 Å². The van der Waals surface area contributed by atoms with Crippen LogP contribution in [0.25, 0.3) is 0 Å². The second-order valence-corrected chi connectivity index (χ2v) is 8.83. The fourth-order valence-electron chi connectivity index (χ4n) is 6.74. The highest BCUT2D eigenvalue weighted by molar-refractivity contribution is 5.92. The standard InChI is InChI=1S/C21H28O4/c1-20-8-7-17-15(16(20)4-5-18(20)19(25)11-22)3-2-13-10-14(24)6-9-21(13,17)12-23/h2-3,10,15-18,22-23H,4-9,11-12H2,1H3/t15-,16-,17-,18+,20-,21+/m0/s1. The molecule has 0 aliphatic heterocycles. The summed E-state index contributed by atoms with van der Waals surface area (Å²) in [6.45, 7) is 1.97. The summed E-state index contributed by atoms with van der Waals surface area (Å²) in [6, 6.07) is 0. The average Bonchev–Trinajstić information content (AvgIpc) is 2.98. The highest BCUT2D eigenvalue weighted by Crippen LogP contribution is 2.65. The molecule has 0 radical (unpaired) electrons. The maximum absolute atomic E-state index is 12.3. The molecule has 0 aromatic carbocycles. The van der Waals surface area contributed by atoms with E-state index in [2.05, 4.69) is 19.1 Å². The van der Waals surface area contributed by atoms with Crippen LogP contribution >= 0.6 is 0 Å². The van der Waals surface area contributed by atoms with Gasteiger partial charge in [-0.05, 0) is 66.9 Å². The van der Waals surface area contributed by atoms with Gasteiger partial charge in [0.2, 0.25) is 0 Å². The minimum atomic E-state index is -0.355. The van der Waals surface area contributed by atoms with Crippen LogP contribution < -0.4 is 0 Å². The molecule has 0 bridgehead atoms. The number of fused-ring (bicyclic) bond motifs is 5. The SMILES string of the molecule is C[C@]12CC[C@H]3[C@@H](C=CC4=CC(=O)CC[C@@]43CO)[C@@H]1CC[C@@H]2C(=O)CO. The second-order valence-electron chi connectivity index (χ2n) is 8.83. The van der Waals surface area contributed by atoms with Crippen LogP contribution in [0.15, 0.2) is 23.8 Å². The highest BCUT2D eigenvalue weighted by Gasteiger charge is 2.60. The van der Waals surface area contributed by atoms with Crippen molar-refractivity contribution < 1.29 is 19.8 Å². The predicted octanol–water partition coefficient (Wildman–Crippen LogP) is 2.44. The molecular weight excluding hydrogens is 316 g/mol. The number of Topliss-reactive ketones (excluding diaryl/α,β-unsaturated/α-hetero) is 1. The van der Waals surface area contributed by atoms with E-state index in [0.29, 0.717) is 24.2 Å². The van der Waals surface area contributed by atoms with E-state index < -0.39 is 0 Å². The Morgan fingerprint density at radius 3 is 2.72 bits per heavy atom. The molecule has 0 aromatic rings. The first-order valence-corrected chi connectivity index (χ1v) is 9.64. The quantitative estimate of drug-likeness (QED) is 0.825. The van der Waals surface area contributed by atoms with E-state index >= 15 is 0 Å². The predicted molar refractivity (Wildman–Crippen MR) is 93.6 cm³/mol. The van der Waals surface area contributed by atoms with Gasteiger partial charge in [0.15, 0.2) is 11.6 Å². The summed E-state index contributed by atoms with van der Waals surface area (Å²) in [6.07, 6.45) is 11.1. The van der Waals surface area contributed by atoms with Gasteiger partial charge in [-0.15, -0.1) is 0 Å². The summed E-state index contributed by atoms with van der Waals surface area (Å²) in [5, 5.41) is 19.7. The third-order valence-electron chi connectivity index (χ3n) is 8.08. The smallest absolute Gasteiger partial charge is 0.161 e. The zero-order valence-corrected chi connectivity index (χ0v) is 14.9. The van der Waals surface area contributed by atoms with Crippen molar-refractivity contribution >= 4 is 11.6 Å². The number of ketones is 2. The molecule has 6 atom stereocenters. The van der Waals surface area contributed by atoms with Crippen molar-refractivity contribution in [1.82, 2.24) is 0 Å². The lowest BCUT2D eigenvalue weighted by atomic mass is 9.48. The minimum Gasteiger partial charge on any atom is -0.395 e. The Balaban J connectivity index is 1.72. The molecule has 136 valence electrons. The average molecular weight is 344 g/mol. The van der Waals surface area contributed by atoms with Crippen molar-refractivity contribution in [1.29, 1.82) is 0 Å². The van der Waals surface area contributed by atoms with E-state index in [1.54, 1.807) is 6.08 Å². The lowest BCUT2D eigenvalue weighted by Gasteiger charge is -2.56. The maximum Gasteiger partial charge on any atom is 0.161 e. The van der Waals surface area contributed by atoms with Crippen LogP contribution in [0, 0.1) is 34.5 Å². The number of aliphatic hydroxyl groups is 2. The van der Waals surface area contributed by atoms with E-state index in [9.17, 15) is 19.8 Å². The molecule has 2 fully saturated rings. The van der Waals surface area contributed by atoms with Crippen molar-refractivity contribution in [3.05, 3.63) is 23.8 Å². The van der Waals surface area contributed by atoms with E-state index in [1.165, 1.54) is 0 Å². The van der Waals surface area contributed by atoms with Gasteiger partial charge >= 0.3 is 0 Å². The number of hydrogen-bond donors (Lipinski definition) is 2. The van der Waals surface area contributed by atoms with Gasteiger partial charge in [0.25, 0.3) is 0 Å². The van der Waals surface area contributed by atoms with Crippen LogP contribution in [0.2, 0.25) is 0 Å². The lowest BCUT2D eigenvalue weighted by molar-refractivity contribution is -0.132. The van der Waals surface area contributed by atoms with Crippen molar-refractivity contribution in [2.24, 2.45) is 34.5 Å². The normalized spacial score (nSPS) is 45.4. The molecule has 4 aliphatic carbocycles. The first kappa shape index (κ1) is 17.2. The molecule has 2 N–H and O–H groups in total. The zero-order valence-electron chi connectivity index (χ0n) is 14.9. The van der Waals surface area contributed by atoms with E-state index in [1.807, 2.05) is 0 Å². The van der Waals surface area contributed by atoms with E-state index in [0.717, 1.165) is 37.7 Å². The molecule has 4 heteroatoms. The topological polar surface area (TPSA) is 74.6 Å². The van der Waals surface area contributed by atoms with Crippen LogP contribution in [0.4, 0.5) is 0 Å². The molecule has 4 aliphatic rings. The summed E-state index contributed by atoms with van der Waals surface area (Å²) >= 11 is 0. The molecule has 0 aromatic heterocycles.